The van der Waals surface area contributed by atoms with Gasteiger partial charge in [-0.2, -0.15) is 0 Å². The van der Waals surface area contributed by atoms with Crippen LogP contribution in [-0.2, 0) is 10.0 Å². The maximum atomic E-state index is 12.2. The van der Waals surface area contributed by atoms with E-state index >= 15 is 0 Å². The molecule has 1 fully saturated rings. The third kappa shape index (κ3) is 4.72. The molecule has 0 bridgehead atoms. The predicted octanol–water partition coefficient (Wildman–Crippen LogP) is 3.49. The van der Waals surface area contributed by atoms with Gasteiger partial charge in [-0.25, -0.2) is 8.42 Å². The molecule has 1 aliphatic heterocycles. The molecule has 4 nitrogen and oxygen atoms in total. The highest BCUT2D eigenvalue weighted by Crippen LogP contribution is 2.31. The number of hydrogen-bond acceptors (Lipinski definition) is 3. The van der Waals surface area contributed by atoms with Crippen LogP contribution in [0.15, 0.2) is 27.1 Å². The molecule has 1 aromatic rings. The highest BCUT2D eigenvalue weighted by atomic mass is 79.9. The second-order valence-corrected chi connectivity index (χ2v) is 8.50. The maximum absolute atomic E-state index is 12.2. The molecule has 2 N–H and O–H groups in total. The van der Waals surface area contributed by atoms with E-state index in [1.807, 2.05) is 18.2 Å². The molecule has 0 aromatic heterocycles. The zero-order chi connectivity index (χ0) is 14.6. The third-order valence-electron chi connectivity index (χ3n) is 3.37. The van der Waals surface area contributed by atoms with E-state index in [0.717, 1.165) is 21.9 Å². The Morgan fingerprint density at radius 2 is 1.95 bits per heavy atom. The van der Waals surface area contributed by atoms with Gasteiger partial charge in [0.1, 0.15) is 0 Å². The van der Waals surface area contributed by atoms with Gasteiger partial charge in [0.05, 0.1) is 11.4 Å². The maximum Gasteiger partial charge on any atom is 0.232 e. The lowest BCUT2D eigenvalue weighted by molar-refractivity contribution is 0.393. The van der Waals surface area contributed by atoms with Crippen LogP contribution in [0.3, 0.4) is 0 Å². The molecule has 20 heavy (non-hydrogen) atoms. The lowest BCUT2D eigenvalue weighted by atomic mass is 10.0. The van der Waals surface area contributed by atoms with Gasteiger partial charge in [-0.05, 0) is 69.8 Å². The highest BCUT2D eigenvalue weighted by molar-refractivity contribution is 9.11. The molecular weight excluding hydrogens is 408 g/mol. The molecule has 112 valence electrons. The van der Waals surface area contributed by atoms with Gasteiger partial charge in [-0.15, -0.1) is 0 Å². The van der Waals surface area contributed by atoms with Crippen molar-refractivity contribution in [1.82, 2.24) is 5.32 Å². The summed E-state index contributed by atoms with van der Waals surface area (Å²) in [6.45, 7) is 0.994. The highest BCUT2D eigenvalue weighted by Gasteiger charge is 2.19. The van der Waals surface area contributed by atoms with Crippen molar-refractivity contribution >= 4 is 47.6 Å². The van der Waals surface area contributed by atoms with Crippen molar-refractivity contribution in [2.75, 3.05) is 17.0 Å². The van der Waals surface area contributed by atoms with Crippen LogP contribution in [-0.4, -0.2) is 26.8 Å². The van der Waals surface area contributed by atoms with Gasteiger partial charge in [0.25, 0.3) is 0 Å². The minimum atomic E-state index is -3.33. The first-order valence-corrected chi connectivity index (χ1v) is 9.90. The fourth-order valence-electron chi connectivity index (χ4n) is 2.27. The van der Waals surface area contributed by atoms with Crippen LogP contribution in [0.4, 0.5) is 5.69 Å². The summed E-state index contributed by atoms with van der Waals surface area (Å²) < 4.78 is 28.4. The standard InChI is InChI=1S/C13H18Br2N2O2S/c14-11-5-3-6-12(15)13(11)17-20(18,19)9-7-10-4-1-2-8-16-10/h3,5-6,10,16-17H,1-2,4,7-9H2. The average Bonchev–Trinajstić information content (AvgIpc) is 2.42. The number of para-hydroxylation sites is 1. The lowest BCUT2D eigenvalue weighted by Gasteiger charge is -2.23. The van der Waals surface area contributed by atoms with Crippen LogP contribution in [0.25, 0.3) is 0 Å². The van der Waals surface area contributed by atoms with Gasteiger partial charge in [-0.1, -0.05) is 12.5 Å². The molecule has 0 saturated carbocycles. The van der Waals surface area contributed by atoms with E-state index in [0.29, 0.717) is 18.2 Å². The van der Waals surface area contributed by atoms with Crippen LogP contribution >= 0.6 is 31.9 Å². The fourth-order valence-corrected chi connectivity index (χ4v) is 4.96. The lowest BCUT2D eigenvalue weighted by Crippen LogP contribution is -2.36. The summed E-state index contributed by atoms with van der Waals surface area (Å²) in [6.07, 6.45) is 4.08. The van der Waals surface area contributed by atoms with Gasteiger partial charge in [0.2, 0.25) is 10.0 Å². The first-order valence-electron chi connectivity index (χ1n) is 6.66. The SMILES string of the molecule is O=S(=O)(CCC1CCCCN1)Nc1c(Br)cccc1Br. The Balaban J connectivity index is 1.96. The summed E-state index contributed by atoms with van der Waals surface area (Å²) in [6, 6.07) is 5.79. The molecule has 0 radical (unpaired) electrons. The number of halogens is 2. The minimum Gasteiger partial charge on any atom is -0.314 e. The molecule has 0 spiro atoms. The van der Waals surface area contributed by atoms with Crippen molar-refractivity contribution in [2.24, 2.45) is 0 Å². The van der Waals surface area contributed by atoms with E-state index in [1.165, 1.54) is 12.8 Å². The van der Waals surface area contributed by atoms with Gasteiger partial charge < -0.3 is 5.32 Å². The molecule has 7 heteroatoms. The monoisotopic (exact) mass is 424 g/mol. The van der Waals surface area contributed by atoms with Gasteiger partial charge in [0.15, 0.2) is 0 Å². The van der Waals surface area contributed by atoms with Crippen LogP contribution in [0.5, 0.6) is 0 Å². The predicted molar refractivity (Wildman–Crippen MR) is 89.5 cm³/mol. The Kier molecular flexibility index (Phi) is 5.89. The molecule has 0 aliphatic carbocycles. The number of rotatable bonds is 5. The molecule has 1 heterocycles. The zero-order valence-electron chi connectivity index (χ0n) is 11.0. The summed E-state index contributed by atoms with van der Waals surface area (Å²) in [5, 5.41) is 3.37. The summed E-state index contributed by atoms with van der Waals surface area (Å²) in [4.78, 5) is 0. The van der Waals surface area contributed by atoms with Crippen LogP contribution < -0.4 is 10.0 Å². The van der Waals surface area contributed by atoms with Crippen molar-refractivity contribution < 1.29 is 8.42 Å². The first kappa shape index (κ1) is 16.3. The number of anilines is 1. The van der Waals surface area contributed by atoms with Crippen LogP contribution in [0.1, 0.15) is 25.7 Å². The smallest absolute Gasteiger partial charge is 0.232 e. The van der Waals surface area contributed by atoms with Crippen molar-refractivity contribution in [3.63, 3.8) is 0 Å². The van der Waals surface area contributed by atoms with Gasteiger partial charge in [0, 0.05) is 15.0 Å². The third-order valence-corrected chi connectivity index (χ3v) is 5.98. The summed E-state index contributed by atoms with van der Waals surface area (Å²) in [5.41, 5.74) is 0.559. The summed E-state index contributed by atoms with van der Waals surface area (Å²) >= 11 is 6.72. The fraction of sp³-hybridized carbons (Fsp3) is 0.538. The molecule has 1 unspecified atom stereocenters. The van der Waals surface area contributed by atoms with Crippen molar-refractivity contribution in [1.29, 1.82) is 0 Å². The molecule has 1 saturated heterocycles. The minimum absolute atomic E-state index is 0.137. The van der Waals surface area contributed by atoms with E-state index < -0.39 is 10.0 Å². The molecule has 1 aliphatic rings. The largest absolute Gasteiger partial charge is 0.314 e. The van der Waals surface area contributed by atoms with E-state index in [4.69, 9.17) is 0 Å². The van der Waals surface area contributed by atoms with Gasteiger partial charge in [-0.3, -0.25) is 4.72 Å². The summed E-state index contributed by atoms with van der Waals surface area (Å²) in [5.74, 6) is 0.137. The topological polar surface area (TPSA) is 58.2 Å². The van der Waals surface area contributed by atoms with Crippen molar-refractivity contribution in [2.45, 2.75) is 31.7 Å². The first-order chi connectivity index (χ1) is 9.48. The molecule has 2 rings (SSSR count). The normalized spacial score (nSPS) is 19.8. The summed E-state index contributed by atoms with van der Waals surface area (Å²) in [7, 11) is -3.33. The van der Waals surface area contributed by atoms with E-state index in [9.17, 15) is 8.42 Å². The Morgan fingerprint density at radius 3 is 2.55 bits per heavy atom. The Labute approximate surface area is 137 Å². The number of hydrogen-bond donors (Lipinski definition) is 2. The number of piperidine rings is 1. The quantitative estimate of drug-likeness (QED) is 0.758. The van der Waals surface area contributed by atoms with Crippen molar-refractivity contribution in [3.8, 4) is 0 Å². The van der Waals surface area contributed by atoms with Gasteiger partial charge >= 0.3 is 0 Å². The van der Waals surface area contributed by atoms with Crippen LogP contribution in [0, 0.1) is 0 Å². The number of benzene rings is 1. The van der Waals surface area contributed by atoms with E-state index in [2.05, 4.69) is 41.9 Å². The zero-order valence-corrected chi connectivity index (χ0v) is 15.0. The van der Waals surface area contributed by atoms with Crippen LogP contribution in [0.2, 0.25) is 0 Å². The van der Waals surface area contributed by atoms with E-state index in [1.54, 1.807) is 0 Å². The Morgan fingerprint density at radius 1 is 1.25 bits per heavy atom. The number of nitrogens with one attached hydrogen (secondary N) is 2. The second kappa shape index (κ2) is 7.24. The Hall–Kier alpha value is -0.110. The van der Waals surface area contributed by atoms with Crippen molar-refractivity contribution in [3.05, 3.63) is 27.1 Å². The number of sulfonamides is 1. The molecule has 0 amide bonds. The molecule has 1 aromatic carbocycles. The Bertz CT molecular complexity index is 537. The second-order valence-electron chi connectivity index (χ2n) is 4.95. The average molecular weight is 426 g/mol. The molecule has 1 atom stereocenters. The molecular formula is C13H18Br2N2O2S. The van der Waals surface area contributed by atoms with E-state index in [-0.39, 0.29) is 5.75 Å².